The number of aliphatic hydroxyl groups excluding tert-OH is 2. The van der Waals surface area contributed by atoms with Gasteiger partial charge in [-0.25, -0.2) is 0 Å². The summed E-state index contributed by atoms with van der Waals surface area (Å²) in [5.41, 5.74) is -0.443. The Kier molecular flexibility index (Phi) is 8.74. The highest BCUT2D eigenvalue weighted by molar-refractivity contribution is 5.69. The van der Waals surface area contributed by atoms with Crippen molar-refractivity contribution in [2.24, 2.45) is 5.41 Å². The van der Waals surface area contributed by atoms with Gasteiger partial charge >= 0.3 is 5.97 Å². The van der Waals surface area contributed by atoms with E-state index in [-0.39, 0.29) is 18.5 Å². The van der Waals surface area contributed by atoms with Crippen molar-refractivity contribution in [1.82, 2.24) is 0 Å². The maximum atomic E-state index is 11.5. The molecule has 118 valence electrons. The molecule has 0 amide bonds. The SMILES string of the molecule is C=CC(C)(C)[C@H](O)C[C@H](O)C[C@H](CC)OC(=O)CCC. The topological polar surface area (TPSA) is 66.8 Å². The van der Waals surface area contributed by atoms with E-state index in [9.17, 15) is 15.0 Å². The van der Waals surface area contributed by atoms with Crippen LogP contribution in [0, 0.1) is 5.41 Å². The van der Waals surface area contributed by atoms with Gasteiger partial charge in [0.25, 0.3) is 0 Å². The van der Waals surface area contributed by atoms with Gasteiger partial charge < -0.3 is 14.9 Å². The van der Waals surface area contributed by atoms with Gasteiger partial charge in [0.2, 0.25) is 0 Å². The van der Waals surface area contributed by atoms with Gasteiger partial charge in [-0.2, -0.15) is 0 Å². The summed E-state index contributed by atoms with van der Waals surface area (Å²) >= 11 is 0. The lowest BCUT2D eigenvalue weighted by Gasteiger charge is -2.29. The first kappa shape index (κ1) is 19.1. The Balaban J connectivity index is 4.31. The Hall–Kier alpha value is -0.870. The predicted molar refractivity (Wildman–Crippen MR) is 80.3 cm³/mol. The molecule has 0 bridgehead atoms. The molecule has 0 rings (SSSR count). The molecule has 0 saturated heterocycles. The first-order valence-electron chi connectivity index (χ1n) is 7.45. The van der Waals surface area contributed by atoms with Crippen LogP contribution in [-0.2, 0) is 9.53 Å². The minimum Gasteiger partial charge on any atom is -0.462 e. The molecule has 0 aromatic rings. The van der Waals surface area contributed by atoms with E-state index in [1.165, 1.54) is 0 Å². The average Bonchev–Trinajstić information content (AvgIpc) is 2.37. The van der Waals surface area contributed by atoms with Gasteiger partial charge in [-0.15, -0.1) is 6.58 Å². The highest BCUT2D eigenvalue weighted by Gasteiger charge is 2.28. The van der Waals surface area contributed by atoms with Crippen LogP contribution in [0.25, 0.3) is 0 Å². The molecule has 2 N–H and O–H groups in total. The second kappa shape index (κ2) is 9.14. The minimum absolute atomic E-state index is 0.224. The molecule has 0 aliphatic heterocycles. The van der Waals surface area contributed by atoms with Crippen LogP contribution in [0.5, 0.6) is 0 Å². The number of aliphatic hydroxyl groups is 2. The van der Waals surface area contributed by atoms with Crippen molar-refractivity contribution in [3.05, 3.63) is 12.7 Å². The molecule has 0 unspecified atom stereocenters. The molecule has 0 saturated carbocycles. The monoisotopic (exact) mass is 286 g/mol. The van der Waals surface area contributed by atoms with Crippen molar-refractivity contribution < 1.29 is 19.7 Å². The third-order valence-corrected chi connectivity index (χ3v) is 3.62. The molecule has 3 atom stereocenters. The highest BCUT2D eigenvalue weighted by Crippen LogP contribution is 2.26. The molecule has 20 heavy (non-hydrogen) atoms. The zero-order chi connectivity index (χ0) is 15.8. The summed E-state index contributed by atoms with van der Waals surface area (Å²) in [6.07, 6.45) is 2.46. The van der Waals surface area contributed by atoms with Crippen LogP contribution in [0.3, 0.4) is 0 Å². The van der Waals surface area contributed by atoms with Crippen molar-refractivity contribution in [3.8, 4) is 0 Å². The van der Waals surface area contributed by atoms with Gasteiger partial charge in [0, 0.05) is 24.7 Å². The smallest absolute Gasteiger partial charge is 0.306 e. The largest absolute Gasteiger partial charge is 0.462 e. The fraction of sp³-hybridized carbons (Fsp3) is 0.812. The number of rotatable bonds is 10. The van der Waals surface area contributed by atoms with Gasteiger partial charge in [-0.1, -0.05) is 33.8 Å². The Morgan fingerprint density at radius 1 is 1.30 bits per heavy atom. The summed E-state index contributed by atoms with van der Waals surface area (Å²) in [6.45, 7) is 11.3. The van der Waals surface area contributed by atoms with Crippen LogP contribution in [0.1, 0.15) is 59.8 Å². The first-order valence-corrected chi connectivity index (χ1v) is 7.45. The van der Waals surface area contributed by atoms with Gasteiger partial charge in [0.15, 0.2) is 0 Å². The molecule has 0 aliphatic rings. The molecule has 0 aromatic heterocycles. The van der Waals surface area contributed by atoms with Crippen LogP contribution in [0.4, 0.5) is 0 Å². The number of carbonyl (C=O) groups excluding carboxylic acids is 1. The predicted octanol–water partition coefficient (Wildman–Crippen LogP) is 2.82. The lowest BCUT2D eigenvalue weighted by molar-refractivity contribution is -0.150. The van der Waals surface area contributed by atoms with Gasteiger partial charge in [-0.05, 0) is 12.8 Å². The molecule has 0 spiro atoms. The Labute approximate surface area is 122 Å². The van der Waals surface area contributed by atoms with E-state index in [0.717, 1.165) is 6.42 Å². The summed E-state index contributed by atoms with van der Waals surface area (Å²) in [6, 6.07) is 0. The first-order chi connectivity index (χ1) is 9.26. The Morgan fingerprint density at radius 3 is 2.35 bits per heavy atom. The van der Waals surface area contributed by atoms with E-state index < -0.39 is 17.6 Å². The van der Waals surface area contributed by atoms with E-state index >= 15 is 0 Å². The zero-order valence-corrected chi connectivity index (χ0v) is 13.3. The number of esters is 1. The second-order valence-corrected chi connectivity index (χ2v) is 5.94. The molecule has 0 radical (unpaired) electrons. The Bertz CT molecular complexity index is 299. The third kappa shape index (κ3) is 7.06. The summed E-state index contributed by atoms with van der Waals surface area (Å²) in [5, 5.41) is 20.1. The van der Waals surface area contributed by atoms with Crippen molar-refractivity contribution >= 4 is 5.97 Å². The van der Waals surface area contributed by atoms with Crippen molar-refractivity contribution in [1.29, 1.82) is 0 Å². The minimum atomic E-state index is -0.691. The number of carbonyl (C=O) groups is 1. The second-order valence-electron chi connectivity index (χ2n) is 5.94. The van der Waals surface area contributed by atoms with E-state index in [1.807, 2.05) is 27.7 Å². The molecular weight excluding hydrogens is 256 g/mol. The highest BCUT2D eigenvalue weighted by atomic mass is 16.5. The van der Waals surface area contributed by atoms with Gasteiger partial charge in [0.1, 0.15) is 6.10 Å². The fourth-order valence-corrected chi connectivity index (χ4v) is 1.84. The summed E-state index contributed by atoms with van der Waals surface area (Å²) in [7, 11) is 0. The van der Waals surface area contributed by atoms with Crippen molar-refractivity contribution in [2.45, 2.75) is 78.1 Å². The number of ether oxygens (including phenoxy) is 1. The maximum absolute atomic E-state index is 11.5. The summed E-state index contributed by atoms with van der Waals surface area (Å²) in [5.74, 6) is -0.224. The lowest BCUT2D eigenvalue weighted by atomic mass is 9.83. The zero-order valence-electron chi connectivity index (χ0n) is 13.3. The van der Waals surface area contributed by atoms with E-state index in [4.69, 9.17) is 4.74 Å². The van der Waals surface area contributed by atoms with Crippen LogP contribution in [0.2, 0.25) is 0 Å². The van der Waals surface area contributed by atoms with Crippen LogP contribution < -0.4 is 0 Å². The molecule has 0 heterocycles. The van der Waals surface area contributed by atoms with E-state index in [0.29, 0.717) is 19.3 Å². The number of hydrogen-bond donors (Lipinski definition) is 2. The van der Waals surface area contributed by atoms with Crippen LogP contribution >= 0.6 is 0 Å². The summed E-state index contributed by atoms with van der Waals surface area (Å²) in [4.78, 5) is 11.5. The van der Waals surface area contributed by atoms with Crippen LogP contribution in [-0.4, -0.2) is 34.5 Å². The molecule has 0 aromatic carbocycles. The molecule has 4 nitrogen and oxygen atoms in total. The number of hydrogen-bond acceptors (Lipinski definition) is 4. The maximum Gasteiger partial charge on any atom is 0.306 e. The summed E-state index contributed by atoms with van der Waals surface area (Å²) < 4.78 is 5.30. The standard InChI is InChI=1S/C16H30O4/c1-6-9-15(19)20-13(7-2)10-12(17)11-14(18)16(4,5)8-3/h8,12-14,17-18H,3,6-7,9-11H2,1-2,4-5H3/t12-,13+,14-/m1/s1. The molecular formula is C16H30O4. The van der Waals surface area contributed by atoms with Crippen LogP contribution in [0.15, 0.2) is 12.7 Å². The molecule has 0 aliphatic carbocycles. The lowest BCUT2D eigenvalue weighted by Crippen LogP contribution is -2.33. The van der Waals surface area contributed by atoms with E-state index in [2.05, 4.69) is 6.58 Å². The average molecular weight is 286 g/mol. The third-order valence-electron chi connectivity index (χ3n) is 3.62. The Morgan fingerprint density at radius 2 is 1.90 bits per heavy atom. The molecule has 0 fully saturated rings. The van der Waals surface area contributed by atoms with Crippen molar-refractivity contribution in [3.63, 3.8) is 0 Å². The quantitative estimate of drug-likeness (QED) is 0.479. The normalized spacial score (nSPS) is 16.3. The van der Waals surface area contributed by atoms with Crippen molar-refractivity contribution in [2.75, 3.05) is 0 Å². The molecule has 4 heteroatoms. The van der Waals surface area contributed by atoms with E-state index in [1.54, 1.807) is 6.08 Å². The van der Waals surface area contributed by atoms with Gasteiger partial charge in [-0.3, -0.25) is 4.79 Å². The fourth-order valence-electron chi connectivity index (χ4n) is 1.84. The van der Waals surface area contributed by atoms with Gasteiger partial charge in [0.05, 0.1) is 12.2 Å².